The number of hydrogen-bond acceptors (Lipinski definition) is 5. The van der Waals surface area contributed by atoms with Crippen LogP contribution in [-0.4, -0.2) is 41.9 Å². The van der Waals surface area contributed by atoms with Crippen LogP contribution in [0.3, 0.4) is 0 Å². The van der Waals surface area contributed by atoms with Gasteiger partial charge in [-0.15, -0.1) is 0 Å². The summed E-state index contributed by atoms with van der Waals surface area (Å²) in [6.45, 7) is 5.44. The van der Waals surface area contributed by atoms with Gasteiger partial charge in [0.2, 0.25) is 5.91 Å². The highest BCUT2D eigenvalue weighted by atomic mass is 16.5. The van der Waals surface area contributed by atoms with E-state index in [9.17, 15) is 19.2 Å². The van der Waals surface area contributed by atoms with Crippen LogP contribution in [0.2, 0.25) is 0 Å². The third-order valence-electron chi connectivity index (χ3n) is 5.40. The summed E-state index contributed by atoms with van der Waals surface area (Å²) in [7, 11) is 0. The summed E-state index contributed by atoms with van der Waals surface area (Å²) in [5, 5.41) is 5.35. The van der Waals surface area contributed by atoms with E-state index in [4.69, 9.17) is 4.74 Å². The molecule has 0 radical (unpaired) electrons. The predicted octanol–water partition coefficient (Wildman–Crippen LogP) is 3.36. The van der Waals surface area contributed by atoms with Crippen molar-refractivity contribution in [2.24, 2.45) is 0 Å². The average molecular weight is 437 g/mol. The van der Waals surface area contributed by atoms with Crippen LogP contribution in [0.15, 0.2) is 48.5 Å². The molecule has 0 spiro atoms. The van der Waals surface area contributed by atoms with Crippen LogP contribution < -0.4 is 10.6 Å². The van der Waals surface area contributed by atoms with Gasteiger partial charge in [-0.2, -0.15) is 0 Å². The molecule has 2 aromatic rings. The standard InChI is InChI=1S/C24H27N3O5/c1-4-5-14-32-21(29)17-10-12-18(13-11-17)25-20(28)15-27-22(30)24(3,26-23(27)31)19-9-7-6-8-16(19)2/h6-13H,4-5,14-15H2,1-3H3,(H,25,28)(H,26,31). The van der Waals surface area contributed by atoms with Crippen LogP contribution >= 0.6 is 0 Å². The highest BCUT2D eigenvalue weighted by Crippen LogP contribution is 2.30. The highest BCUT2D eigenvalue weighted by molar-refractivity contribution is 6.10. The van der Waals surface area contributed by atoms with E-state index < -0.39 is 35.9 Å². The molecule has 1 fully saturated rings. The number of imide groups is 1. The van der Waals surface area contributed by atoms with Gasteiger partial charge < -0.3 is 15.4 Å². The van der Waals surface area contributed by atoms with E-state index >= 15 is 0 Å². The zero-order chi connectivity index (χ0) is 23.3. The molecule has 2 aromatic carbocycles. The average Bonchev–Trinajstić information content (AvgIpc) is 2.98. The van der Waals surface area contributed by atoms with Crippen molar-refractivity contribution in [1.82, 2.24) is 10.2 Å². The summed E-state index contributed by atoms with van der Waals surface area (Å²) >= 11 is 0. The number of esters is 1. The second-order valence-electron chi connectivity index (χ2n) is 7.88. The Morgan fingerprint density at radius 1 is 1.09 bits per heavy atom. The lowest BCUT2D eigenvalue weighted by molar-refractivity contribution is -0.133. The van der Waals surface area contributed by atoms with Gasteiger partial charge in [0.25, 0.3) is 5.91 Å². The summed E-state index contributed by atoms with van der Waals surface area (Å²) in [4.78, 5) is 50.8. The Labute approximate surface area is 186 Å². The second kappa shape index (κ2) is 9.64. The first-order valence-corrected chi connectivity index (χ1v) is 10.5. The van der Waals surface area contributed by atoms with Crippen molar-refractivity contribution in [3.63, 3.8) is 0 Å². The van der Waals surface area contributed by atoms with Gasteiger partial charge >= 0.3 is 12.0 Å². The Morgan fingerprint density at radius 3 is 2.44 bits per heavy atom. The van der Waals surface area contributed by atoms with Crippen LogP contribution in [0.25, 0.3) is 0 Å². The molecule has 0 bridgehead atoms. The van der Waals surface area contributed by atoms with Crippen LogP contribution in [0.4, 0.5) is 10.5 Å². The van der Waals surface area contributed by atoms with Gasteiger partial charge in [0.05, 0.1) is 12.2 Å². The van der Waals surface area contributed by atoms with E-state index in [-0.39, 0.29) is 0 Å². The topological polar surface area (TPSA) is 105 Å². The molecule has 3 rings (SSSR count). The smallest absolute Gasteiger partial charge is 0.338 e. The predicted molar refractivity (Wildman–Crippen MR) is 119 cm³/mol. The number of hydrogen-bond donors (Lipinski definition) is 2. The molecule has 168 valence electrons. The van der Waals surface area contributed by atoms with Gasteiger partial charge in [-0.1, -0.05) is 37.6 Å². The SMILES string of the molecule is CCCCOC(=O)c1ccc(NC(=O)CN2C(=O)NC(C)(c3ccccc3C)C2=O)cc1. The van der Waals surface area contributed by atoms with E-state index in [1.807, 2.05) is 26.0 Å². The number of nitrogens with one attached hydrogen (secondary N) is 2. The van der Waals surface area contributed by atoms with E-state index in [2.05, 4.69) is 10.6 Å². The molecule has 0 saturated carbocycles. The third kappa shape index (κ3) is 4.80. The van der Waals surface area contributed by atoms with Crippen molar-refractivity contribution in [2.75, 3.05) is 18.5 Å². The molecule has 32 heavy (non-hydrogen) atoms. The molecule has 8 nitrogen and oxygen atoms in total. The van der Waals surface area contributed by atoms with Crippen molar-refractivity contribution in [3.05, 3.63) is 65.2 Å². The highest BCUT2D eigenvalue weighted by Gasteiger charge is 2.50. The largest absolute Gasteiger partial charge is 0.462 e. The molecular formula is C24H27N3O5. The number of carbonyl (C=O) groups is 4. The molecule has 1 aliphatic rings. The molecule has 1 saturated heterocycles. The number of carbonyl (C=O) groups excluding carboxylic acids is 4. The fourth-order valence-corrected chi connectivity index (χ4v) is 3.58. The lowest BCUT2D eigenvalue weighted by atomic mass is 9.88. The van der Waals surface area contributed by atoms with E-state index in [1.165, 1.54) is 0 Å². The van der Waals surface area contributed by atoms with Crippen molar-refractivity contribution in [2.45, 2.75) is 39.2 Å². The number of urea groups is 1. The zero-order valence-electron chi connectivity index (χ0n) is 18.4. The van der Waals surface area contributed by atoms with Gasteiger partial charge in [-0.3, -0.25) is 14.5 Å². The first kappa shape index (κ1) is 23.0. The Hall–Kier alpha value is -3.68. The minimum absolute atomic E-state index is 0.362. The lowest BCUT2D eigenvalue weighted by Crippen LogP contribution is -2.42. The van der Waals surface area contributed by atoms with Gasteiger partial charge in [0, 0.05) is 5.69 Å². The quantitative estimate of drug-likeness (QED) is 0.374. The Balaban J connectivity index is 1.62. The van der Waals surface area contributed by atoms with E-state index in [0.717, 1.165) is 23.3 Å². The number of anilines is 1. The molecule has 0 aromatic heterocycles. The number of rotatable bonds is 8. The molecule has 2 N–H and O–H groups in total. The van der Waals surface area contributed by atoms with Gasteiger partial charge in [0.1, 0.15) is 12.1 Å². The Kier molecular flexibility index (Phi) is 6.92. The molecule has 8 heteroatoms. The van der Waals surface area contributed by atoms with Crippen LogP contribution in [0, 0.1) is 6.92 Å². The molecule has 1 aliphatic heterocycles. The van der Waals surface area contributed by atoms with Crippen LogP contribution in [-0.2, 0) is 19.9 Å². The molecular weight excluding hydrogens is 410 g/mol. The maximum absolute atomic E-state index is 13.0. The normalized spacial score (nSPS) is 17.8. The van der Waals surface area contributed by atoms with Crippen molar-refractivity contribution >= 4 is 29.5 Å². The van der Waals surface area contributed by atoms with Gasteiger partial charge in [0.15, 0.2) is 0 Å². The molecule has 1 unspecified atom stereocenters. The van der Waals surface area contributed by atoms with Crippen molar-refractivity contribution in [1.29, 1.82) is 0 Å². The number of benzene rings is 2. The summed E-state index contributed by atoms with van der Waals surface area (Å²) in [6.07, 6.45) is 1.73. The maximum atomic E-state index is 13.0. The fourth-order valence-electron chi connectivity index (χ4n) is 3.58. The van der Waals surface area contributed by atoms with E-state index in [0.29, 0.717) is 23.4 Å². The number of aryl methyl sites for hydroxylation is 1. The number of unbranched alkanes of at least 4 members (excludes halogenated alkanes) is 1. The van der Waals surface area contributed by atoms with Crippen molar-refractivity contribution in [3.8, 4) is 0 Å². The lowest BCUT2D eigenvalue weighted by Gasteiger charge is -2.24. The monoisotopic (exact) mass is 437 g/mol. The molecule has 0 aliphatic carbocycles. The first-order valence-electron chi connectivity index (χ1n) is 10.5. The number of nitrogens with zero attached hydrogens (tertiary/aromatic N) is 1. The first-order chi connectivity index (χ1) is 15.3. The number of amides is 4. The molecule has 1 atom stereocenters. The minimum atomic E-state index is -1.23. The summed E-state index contributed by atoms with van der Waals surface area (Å²) < 4.78 is 5.15. The third-order valence-corrected chi connectivity index (χ3v) is 5.40. The summed E-state index contributed by atoms with van der Waals surface area (Å²) in [5.74, 6) is -1.44. The fraction of sp³-hybridized carbons (Fsp3) is 0.333. The minimum Gasteiger partial charge on any atom is -0.462 e. The zero-order valence-corrected chi connectivity index (χ0v) is 18.4. The molecule has 4 amide bonds. The van der Waals surface area contributed by atoms with Crippen molar-refractivity contribution < 1.29 is 23.9 Å². The molecule has 1 heterocycles. The van der Waals surface area contributed by atoms with Gasteiger partial charge in [-0.05, 0) is 55.7 Å². The van der Waals surface area contributed by atoms with Crippen LogP contribution in [0.1, 0.15) is 48.2 Å². The second-order valence-corrected chi connectivity index (χ2v) is 7.88. The maximum Gasteiger partial charge on any atom is 0.338 e. The summed E-state index contributed by atoms with van der Waals surface area (Å²) in [5.41, 5.74) is 1.13. The Bertz CT molecular complexity index is 1030. The van der Waals surface area contributed by atoms with E-state index in [1.54, 1.807) is 43.3 Å². The Morgan fingerprint density at radius 2 is 1.78 bits per heavy atom. The van der Waals surface area contributed by atoms with Gasteiger partial charge in [-0.25, -0.2) is 9.59 Å². The van der Waals surface area contributed by atoms with Crippen LogP contribution in [0.5, 0.6) is 0 Å². The summed E-state index contributed by atoms with van der Waals surface area (Å²) in [6, 6.07) is 12.9. The number of ether oxygens (including phenoxy) is 1.